The first-order valence-corrected chi connectivity index (χ1v) is 5.78. The summed E-state index contributed by atoms with van der Waals surface area (Å²) in [4.78, 5) is 13.1. The molecule has 2 heterocycles. The summed E-state index contributed by atoms with van der Waals surface area (Å²) in [7, 11) is 0. The molecule has 1 saturated heterocycles. The van der Waals surface area contributed by atoms with E-state index in [0.29, 0.717) is 0 Å². The number of carbonyl (C=O) groups is 1. The number of halogens is 2. The molecule has 0 radical (unpaired) electrons. The molecule has 1 aromatic carbocycles. The number of rotatable bonds is 0. The van der Waals surface area contributed by atoms with Gasteiger partial charge in [0, 0.05) is 42.7 Å². The molecule has 1 N–H and O–H groups in total. The van der Waals surface area contributed by atoms with E-state index in [4.69, 9.17) is 11.6 Å². The van der Waals surface area contributed by atoms with Crippen LogP contribution in [0.4, 0.5) is 5.69 Å². The molecule has 0 aromatic heterocycles. The van der Waals surface area contributed by atoms with Crippen LogP contribution in [0.1, 0.15) is 12.5 Å². The Balaban J connectivity index is 0.00000108. The molecule has 1 fully saturated rings. The average Bonchev–Trinajstić information content (AvgIpc) is 2.53. The molecule has 92 valence electrons. The zero-order chi connectivity index (χ0) is 11.3. The Hall–Kier alpha value is -0.930. The number of fused-ring (bicyclic) bond motifs is 2. The first-order chi connectivity index (χ1) is 7.61. The molecular weight excluding hydrogens is 259 g/mol. The van der Waals surface area contributed by atoms with Gasteiger partial charge in [0.05, 0.1) is 0 Å². The van der Waals surface area contributed by atoms with Gasteiger partial charge >= 0.3 is 0 Å². The van der Waals surface area contributed by atoms with Crippen LogP contribution in [0.2, 0.25) is 5.02 Å². The van der Waals surface area contributed by atoms with Crippen molar-refractivity contribution in [3.63, 3.8) is 0 Å². The van der Waals surface area contributed by atoms with Gasteiger partial charge in [0.1, 0.15) is 0 Å². The SMILES string of the molecule is CC(=O)N1CC2(CNc3cc(Cl)ccc32)C1.Cl. The second-order valence-corrected chi connectivity index (χ2v) is 5.14. The van der Waals surface area contributed by atoms with E-state index in [9.17, 15) is 4.79 Å². The lowest BCUT2D eigenvalue weighted by Crippen LogP contribution is -2.61. The van der Waals surface area contributed by atoms with Gasteiger partial charge in [-0.3, -0.25) is 4.79 Å². The quantitative estimate of drug-likeness (QED) is 0.786. The molecule has 3 rings (SSSR count). The first kappa shape index (κ1) is 12.5. The molecule has 1 spiro atoms. The molecule has 1 aromatic rings. The van der Waals surface area contributed by atoms with E-state index in [0.717, 1.165) is 30.3 Å². The molecule has 5 heteroatoms. The van der Waals surface area contributed by atoms with Crippen molar-refractivity contribution in [3.8, 4) is 0 Å². The van der Waals surface area contributed by atoms with Crippen LogP contribution in [0, 0.1) is 0 Å². The van der Waals surface area contributed by atoms with Crippen LogP contribution in [0.3, 0.4) is 0 Å². The van der Waals surface area contributed by atoms with Crippen LogP contribution in [0.5, 0.6) is 0 Å². The van der Waals surface area contributed by atoms with E-state index in [2.05, 4.69) is 11.4 Å². The van der Waals surface area contributed by atoms with E-state index in [1.54, 1.807) is 6.92 Å². The summed E-state index contributed by atoms with van der Waals surface area (Å²) >= 11 is 5.95. The van der Waals surface area contributed by atoms with Crippen LogP contribution in [-0.4, -0.2) is 30.4 Å². The van der Waals surface area contributed by atoms with Crippen molar-refractivity contribution in [2.75, 3.05) is 25.0 Å². The van der Waals surface area contributed by atoms with E-state index in [1.807, 2.05) is 17.0 Å². The largest absolute Gasteiger partial charge is 0.384 e. The van der Waals surface area contributed by atoms with Gasteiger partial charge in [-0.1, -0.05) is 17.7 Å². The fourth-order valence-electron chi connectivity index (χ4n) is 2.67. The van der Waals surface area contributed by atoms with E-state index < -0.39 is 0 Å². The van der Waals surface area contributed by atoms with Gasteiger partial charge in [0.15, 0.2) is 0 Å². The highest BCUT2D eigenvalue weighted by molar-refractivity contribution is 6.30. The number of amides is 1. The highest BCUT2D eigenvalue weighted by Gasteiger charge is 2.49. The number of nitrogens with zero attached hydrogens (tertiary/aromatic N) is 1. The smallest absolute Gasteiger partial charge is 0.219 e. The number of hydrogen-bond donors (Lipinski definition) is 1. The maximum absolute atomic E-state index is 11.2. The van der Waals surface area contributed by atoms with Crippen molar-refractivity contribution in [1.82, 2.24) is 4.90 Å². The normalized spacial score (nSPS) is 19.1. The Kier molecular flexibility index (Phi) is 3.00. The molecule has 0 aliphatic carbocycles. The number of nitrogens with one attached hydrogen (secondary N) is 1. The van der Waals surface area contributed by atoms with Gasteiger partial charge in [-0.2, -0.15) is 0 Å². The monoisotopic (exact) mass is 272 g/mol. The summed E-state index contributed by atoms with van der Waals surface area (Å²) in [6, 6.07) is 5.96. The third-order valence-corrected chi connectivity index (χ3v) is 3.84. The van der Waals surface area contributed by atoms with Crippen LogP contribution < -0.4 is 5.32 Å². The predicted octanol–water partition coefficient (Wildman–Crippen LogP) is 2.29. The van der Waals surface area contributed by atoms with Crippen LogP contribution in [0.15, 0.2) is 18.2 Å². The summed E-state index contributed by atoms with van der Waals surface area (Å²) in [5, 5.41) is 4.13. The molecule has 0 bridgehead atoms. The van der Waals surface area contributed by atoms with Gasteiger partial charge < -0.3 is 10.2 Å². The summed E-state index contributed by atoms with van der Waals surface area (Å²) in [6.07, 6.45) is 0. The third kappa shape index (κ3) is 1.78. The first-order valence-electron chi connectivity index (χ1n) is 5.40. The molecule has 0 saturated carbocycles. The topological polar surface area (TPSA) is 32.3 Å². The summed E-state index contributed by atoms with van der Waals surface area (Å²) in [5.41, 5.74) is 2.55. The molecular formula is C12H14Cl2N2O. The van der Waals surface area contributed by atoms with Crippen molar-refractivity contribution in [2.24, 2.45) is 0 Å². The summed E-state index contributed by atoms with van der Waals surface area (Å²) in [5.74, 6) is 0.160. The van der Waals surface area contributed by atoms with Crippen LogP contribution in [0.25, 0.3) is 0 Å². The molecule has 2 aliphatic rings. The second kappa shape index (κ2) is 4.07. The summed E-state index contributed by atoms with van der Waals surface area (Å²) in [6.45, 7) is 4.18. The minimum absolute atomic E-state index is 0. The molecule has 0 unspecified atom stereocenters. The molecule has 2 aliphatic heterocycles. The predicted molar refractivity (Wildman–Crippen MR) is 71.1 cm³/mol. The highest BCUT2D eigenvalue weighted by atomic mass is 35.5. The van der Waals surface area contributed by atoms with Crippen molar-refractivity contribution in [1.29, 1.82) is 0 Å². The molecule has 1 amide bonds. The average molecular weight is 273 g/mol. The Morgan fingerprint density at radius 3 is 2.82 bits per heavy atom. The minimum atomic E-state index is 0. The Morgan fingerprint density at radius 1 is 1.47 bits per heavy atom. The standard InChI is InChI=1S/C12H13ClN2O.ClH/c1-8(16)15-6-12(7-15)5-14-11-4-9(13)2-3-10(11)12;/h2-4,14H,5-7H2,1H3;1H. The number of benzene rings is 1. The number of anilines is 1. The second-order valence-electron chi connectivity index (χ2n) is 4.70. The maximum atomic E-state index is 11.2. The fraction of sp³-hybridized carbons (Fsp3) is 0.417. The van der Waals surface area contributed by atoms with E-state index in [1.165, 1.54) is 5.56 Å². The maximum Gasteiger partial charge on any atom is 0.219 e. The van der Waals surface area contributed by atoms with Gasteiger partial charge in [-0.25, -0.2) is 0 Å². The van der Waals surface area contributed by atoms with Crippen LogP contribution >= 0.6 is 24.0 Å². The van der Waals surface area contributed by atoms with Crippen molar-refractivity contribution < 1.29 is 4.79 Å². The summed E-state index contributed by atoms with van der Waals surface area (Å²) < 4.78 is 0. The minimum Gasteiger partial charge on any atom is -0.384 e. The zero-order valence-corrected chi connectivity index (χ0v) is 11.1. The van der Waals surface area contributed by atoms with E-state index in [-0.39, 0.29) is 23.7 Å². The van der Waals surface area contributed by atoms with Gasteiger partial charge in [0.25, 0.3) is 0 Å². The zero-order valence-electron chi connectivity index (χ0n) is 9.50. The lowest BCUT2D eigenvalue weighted by molar-refractivity contribution is -0.135. The highest BCUT2D eigenvalue weighted by Crippen LogP contribution is 2.43. The van der Waals surface area contributed by atoms with Crippen molar-refractivity contribution in [2.45, 2.75) is 12.3 Å². The molecule has 3 nitrogen and oxygen atoms in total. The fourth-order valence-corrected chi connectivity index (χ4v) is 2.85. The van der Waals surface area contributed by atoms with Crippen molar-refractivity contribution in [3.05, 3.63) is 28.8 Å². The Bertz CT molecular complexity index is 470. The molecule has 0 atom stereocenters. The number of likely N-dealkylation sites (tertiary alicyclic amines) is 1. The third-order valence-electron chi connectivity index (χ3n) is 3.60. The van der Waals surface area contributed by atoms with Gasteiger partial charge in [-0.15, -0.1) is 12.4 Å². The Labute approximate surface area is 112 Å². The van der Waals surface area contributed by atoms with Gasteiger partial charge in [-0.05, 0) is 17.7 Å². The number of carbonyl (C=O) groups excluding carboxylic acids is 1. The molecule has 17 heavy (non-hydrogen) atoms. The Morgan fingerprint density at radius 2 is 2.18 bits per heavy atom. The van der Waals surface area contributed by atoms with Crippen LogP contribution in [-0.2, 0) is 10.2 Å². The lowest BCUT2D eigenvalue weighted by atomic mass is 9.75. The van der Waals surface area contributed by atoms with Gasteiger partial charge in [0.2, 0.25) is 5.91 Å². The van der Waals surface area contributed by atoms with E-state index >= 15 is 0 Å². The lowest BCUT2D eigenvalue weighted by Gasteiger charge is -2.47. The van der Waals surface area contributed by atoms with Crippen molar-refractivity contribution >= 4 is 35.6 Å². The number of hydrogen-bond acceptors (Lipinski definition) is 2.